The first kappa shape index (κ1) is 19.1. The maximum absolute atomic E-state index is 11.6. The minimum atomic E-state index is -1.03. The summed E-state index contributed by atoms with van der Waals surface area (Å²) in [5.41, 5.74) is 1.71. The lowest BCUT2D eigenvalue weighted by Gasteiger charge is -2.07. The first-order valence-electron chi connectivity index (χ1n) is 8.20. The van der Waals surface area contributed by atoms with Crippen LogP contribution in [0.15, 0.2) is 60.7 Å². The zero-order chi connectivity index (χ0) is 18.6. The first-order chi connectivity index (χ1) is 12.6. The molecule has 2 aromatic rings. The molecule has 0 aromatic heterocycles. The highest BCUT2D eigenvalue weighted by Crippen LogP contribution is 2.19. The molecule has 0 atom stereocenters. The molecular weight excluding hydrogens is 334 g/mol. The number of aliphatic carboxylic acids is 1. The molecule has 0 radical (unpaired) electrons. The third-order valence-corrected chi connectivity index (χ3v) is 3.36. The lowest BCUT2D eigenvalue weighted by molar-refractivity contribution is -0.139. The summed E-state index contributed by atoms with van der Waals surface area (Å²) in [6, 6.07) is 16.6. The minimum absolute atomic E-state index is 0.233. The number of rotatable bonds is 9. The smallest absolute Gasteiger partial charge is 0.407 e. The number of alkyl carbamates (subject to hydrolysis) is 1. The maximum Gasteiger partial charge on any atom is 0.407 e. The summed E-state index contributed by atoms with van der Waals surface area (Å²) < 4.78 is 10.3. The van der Waals surface area contributed by atoms with E-state index in [2.05, 4.69) is 5.32 Å². The fraction of sp³-hybridized carbons (Fsp3) is 0.200. The van der Waals surface area contributed by atoms with Crippen LogP contribution in [0.3, 0.4) is 0 Å². The van der Waals surface area contributed by atoms with Crippen LogP contribution in [-0.2, 0) is 16.1 Å². The van der Waals surface area contributed by atoms with E-state index in [9.17, 15) is 9.59 Å². The van der Waals surface area contributed by atoms with Crippen LogP contribution in [0.1, 0.15) is 17.5 Å². The fourth-order valence-electron chi connectivity index (χ4n) is 2.13. The topological polar surface area (TPSA) is 84.9 Å². The number of carboxylic acid groups (broad SMARTS) is 1. The number of amides is 1. The Morgan fingerprint density at radius 2 is 1.77 bits per heavy atom. The van der Waals surface area contributed by atoms with Gasteiger partial charge in [0.15, 0.2) is 6.61 Å². The SMILES string of the molecule is O=C(O)COc1ccccc1C=CCCNC(=O)OCc1ccccc1. The number of carbonyl (C=O) groups is 2. The summed E-state index contributed by atoms with van der Waals surface area (Å²) in [4.78, 5) is 22.2. The molecule has 136 valence electrons. The van der Waals surface area contributed by atoms with Crippen LogP contribution in [0, 0.1) is 0 Å². The second-order valence-electron chi connectivity index (χ2n) is 5.40. The largest absolute Gasteiger partial charge is 0.481 e. The van der Waals surface area contributed by atoms with E-state index < -0.39 is 12.1 Å². The lowest BCUT2D eigenvalue weighted by atomic mass is 10.2. The van der Waals surface area contributed by atoms with E-state index in [1.165, 1.54) is 0 Å². The Morgan fingerprint density at radius 1 is 1.04 bits per heavy atom. The molecule has 1 amide bonds. The Labute approximate surface area is 152 Å². The van der Waals surface area contributed by atoms with E-state index in [1.807, 2.05) is 54.6 Å². The van der Waals surface area contributed by atoms with Crippen LogP contribution in [-0.4, -0.2) is 30.3 Å². The van der Waals surface area contributed by atoms with E-state index in [0.717, 1.165) is 11.1 Å². The first-order valence-corrected chi connectivity index (χ1v) is 8.20. The summed E-state index contributed by atoms with van der Waals surface area (Å²) in [6.07, 6.45) is 3.84. The number of benzene rings is 2. The van der Waals surface area contributed by atoms with Crippen LogP contribution in [0.2, 0.25) is 0 Å². The highest BCUT2D eigenvalue weighted by Gasteiger charge is 2.03. The van der Waals surface area contributed by atoms with Gasteiger partial charge >= 0.3 is 12.1 Å². The molecule has 0 fully saturated rings. The molecule has 2 N–H and O–H groups in total. The van der Waals surface area contributed by atoms with Crippen LogP contribution in [0.5, 0.6) is 5.75 Å². The van der Waals surface area contributed by atoms with Crippen molar-refractivity contribution >= 4 is 18.1 Å². The van der Waals surface area contributed by atoms with E-state index >= 15 is 0 Å². The number of para-hydroxylation sites is 1. The monoisotopic (exact) mass is 355 g/mol. The molecule has 6 nitrogen and oxygen atoms in total. The van der Waals surface area contributed by atoms with Gasteiger partial charge < -0.3 is 19.9 Å². The number of hydrogen-bond acceptors (Lipinski definition) is 4. The molecule has 2 rings (SSSR count). The molecule has 0 saturated heterocycles. The van der Waals surface area contributed by atoms with Gasteiger partial charge in [0.2, 0.25) is 0 Å². The molecule has 0 heterocycles. The average molecular weight is 355 g/mol. The fourth-order valence-corrected chi connectivity index (χ4v) is 2.13. The van der Waals surface area contributed by atoms with Crippen molar-refractivity contribution in [3.05, 3.63) is 71.8 Å². The predicted octanol–water partition coefficient (Wildman–Crippen LogP) is 3.48. The van der Waals surface area contributed by atoms with Crippen molar-refractivity contribution in [1.82, 2.24) is 5.32 Å². The van der Waals surface area contributed by atoms with Gasteiger partial charge in [-0.05, 0) is 18.1 Å². The molecule has 0 aliphatic heterocycles. The summed E-state index contributed by atoms with van der Waals surface area (Å²) >= 11 is 0. The van der Waals surface area contributed by atoms with Gasteiger partial charge in [0, 0.05) is 12.1 Å². The van der Waals surface area contributed by atoms with E-state index in [0.29, 0.717) is 18.7 Å². The molecule has 26 heavy (non-hydrogen) atoms. The van der Waals surface area contributed by atoms with Crippen molar-refractivity contribution in [1.29, 1.82) is 0 Å². The Kier molecular flexibility index (Phi) is 7.74. The van der Waals surface area contributed by atoms with Gasteiger partial charge in [-0.3, -0.25) is 0 Å². The van der Waals surface area contributed by atoms with Gasteiger partial charge in [0.25, 0.3) is 0 Å². The van der Waals surface area contributed by atoms with Gasteiger partial charge in [-0.1, -0.05) is 60.7 Å². The van der Waals surface area contributed by atoms with Crippen molar-refractivity contribution in [2.45, 2.75) is 13.0 Å². The molecule has 0 unspecified atom stereocenters. The molecule has 0 aliphatic rings. The Hall–Kier alpha value is -3.28. The van der Waals surface area contributed by atoms with Crippen molar-refractivity contribution in [3.8, 4) is 5.75 Å². The van der Waals surface area contributed by atoms with E-state index in [4.69, 9.17) is 14.6 Å². The Bertz CT molecular complexity index is 743. The Balaban J connectivity index is 1.70. The predicted molar refractivity (Wildman–Crippen MR) is 97.9 cm³/mol. The molecule has 0 saturated carbocycles. The number of carbonyl (C=O) groups excluding carboxylic acids is 1. The average Bonchev–Trinajstić information content (AvgIpc) is 2.66. The number of hydrogen-bond donors (Lipinski definition) is 2. The summed E-state index contributed by atoms with van der Waals surface area (Å²) in [5.74, 6) is -0.525. The van der Waals surface area contributed by atoms with Crippen molar-refractivity contribution in [2.75, 3.05) is 13.2 Å². The van der Waals surface area contributed by atoms with Crippen LogP contribution in [0.25, 0.3) is 6.08 Å². The van der Waals surface area contributed by atoms with E-state index in [-0.39, 0.29) is 13.2 Å². The molecule has 2 aromatic carbocycles. The number of nitrogens with one attached hydrogen (secondary N) is 1. The summed E-state index contributed by atoms with van der Waals surface area (Å²) in [6.45, 7) is 0.277. The molecule has 0 aliphatic carbocycles. The van der Waals surface area contributed by atoms with Gasteiger partial charge in [0.05, 0.1) is 0 Å². The quantitative estimate of drug-likeness (QED) is 0.673. The van der Waals surface area contributed by atoms with Crippen molar-refractivity contribution in [3.63, 3.8) is 0 Å². The van der Waals surface area contributed by atoms with Crippen molar-refractivity contribution in [2.24, 2.45) is 0 Å². The highest BCUT2D eigenvalue weighted by atomic mass is 16.5. The van der Waals surface area contributed by atoms with Gasteiger partial charge in [-0.2, -0.15) is 0 Å². The second kappa shape index (κ2) is 10.6. The molecule has 0 spiro atoms. The standard InChI is InChI=1S/C20H21NO5/c22-19(23)15-25-18-12-5-4-10-17(18)11-6-7-13-21-20(24)26-14-16-8-2-1-3-9-16/h1-6,8-12H,7,13-15H2,(H,21,24)(H,22,23). The molecule has 6 heteroatoms. The zero-order valence-electron chi connectivity index (χ0n) is 14.3. The summed E-state index contributed by atoms with van der Waals surface area (Å²) in [5, 5.41) is 11.4. The van der Waals surface area contributed by atoms with Crippen molar-refractivity contribution < 1.29 is 24.2 Å². The normalized spacial score (nSPS) is 10.5. The number of carboxylic acids is 1. The zero-order valence-corrected chi connectivity index (χ0v) is 14.3. The number of ether oxygens (including phenoxy) is 2. The van der Waals surface area contributed by atoms with Crippen LogP contribution < -0.4 is 10.1 Å². The maximum atomic E-state index is 11.6. The molecule has 0 bridgehead atoms. The third kappa shape index (κ3) is 7.09. The van der Waals surface area contributed by atoms with Gasteiger partial charge in [-0.15, -0.1) is 0 Å². The van der Waals surface area contributed by atoms with Gasteiger partial charge in [-0.25, -0.2) is 9.59 Å². The van der Waals surface area contributed by atoms with Crippen LogP contribution >= 0.6 is 0 Å². The third-order valence-electron chi connectivity index (χ3n) is 3.36. The highest BCUT2D eigenvalue weighted by molar-refractivity contribution is 5.69. The van der Waals surface area contributed by atoms with E-state index in [1.54, 1.807) is 12.1 Å². The van der Waals surface area contributed by atoms with Gasteiger partial charge in [0.1, 0.15) is 12.4 Å². The Morgan fingerprint density at radius 3 is 2.54 bits per heavy atom. The lowest BCUT2D eigenvalue weighted by Crippen LogP contribution is -2.24. The molecular formula is C20H21NO5. The second-order valence-corrected chi connectivity index (χ2v) is 5.40. The minimum Gasteiger partial charge on any atom is -0.481 e. The summed E-state index contributed by atoms with van der Waals surface area (Å²) in [7, 11) is 0. The van der Waals surface area contributed by atoms with Crippen LogP contribution in [0.4, 0.5) is 4.79 Å².